The van der Waals surface area contributed by atoms with E-state index in [1.165, 1.54) is 11.1 Å². The first-order chi connectivity index (χ1) is 9.58. The zero-order valence-electron chi connectivity index (χ0n) is 12.9. The zero-order chi connectivity index (χ0) is 14.5. The SMILES string of the molecule is Cc1nn(C)cc1C(C)NCCC(C)c1ccccc1. The van der Waals surface area contributed by atoms with Crippen LogP contribution in [0.25, 0.3) is 0 Å². The molecule has 1 aromatic carbocycles. The van der Waals surface area contributed by atoms with Crippen LogP contribution in [0.15, 0.2) is 36.5 Å². The summed E-state index contributed by atoms with van der Waals surface area (Å²) in [7, 11) is 1.97. The van der Waals surface area contributed by atoms with Gasteiger partial charge in [-0.05, 0) is 38.3 Å². The molecule has 0 aliphatic rings. The van der Waals surface area contributed by atoms with Crippen LogP contribution < -0.4 is 5.32 Å². The largest absolute Gasteiger partial charge is 0.310 e. The molecule has 0 amide bonds. The fourth-order valence-electron chi connectivity index (χ4n) is 2.62. The third kappa shape index (κ3) is 3.70. The average molecular weight is 271 g/mol. The Balaban J connectivity index is 1.82. The Kier molecular flexibility index (Phi) is 4.96. The van der Waals surface area contributed by atoms with Gasteiger partial charge < -0.3 is 5.32 Å². The number of rotatable bonds is 6. The molecular formula is C17H25N3. The molecule has 0 fully saturated rings. The monoisotopic (exact) mass is 271 g/mol. The lowest BCUT2D eigenvalue weighted by molar-refractivity contribution is 0.529. The molecule has 3 nitrogen and oxygen atoms in total. The van der Waals surface area contributed by atoms with Gasteiger partial charge in [0.25, 0.3) is 0 Å². The molecule has 0 saturated heterocycles. The van der Waals surface area contributed by atoms with E-state index < -0.39 is 0 Å². The summed E-state index contributed by atoms with van der Waals surface area (Å²) in [4.78, 5) is 0. The summed E-state index contributed by atoms with van der Waals surface area (Å²) in [6, 6.07) is 11.1. The van der Waals surface area contributed by atoms with Crippen LogP contribution in [-0.2, 0) is 7.05 Å². The quantitative estimate of drug-likeness (QED) is 0.870. The molecule has 1 N–H and O–H groups in total. The van der Waals surface area contributed by atoms with Crippen molar-refractivity contribution in [2.45, 2.75) is 39.2 Å². The molecule has 108 valence electrons. The minimum absolute atomic E-state index is 0.353. The molecule has 0 aliphatic carbocycles. The Labute approximate surface area is 122 Å². The fourth-order valence-corrected chi connectivity index (χ4v) is 2.62. The number of benzene rings is 1. The van der Waals surface area contributed by atoms with Crippen molar-refractivity contribution in [3.63, 3.8) is 0 Å². The van der Waals surface area contributed by atoms with E-state index in [0.29, 0.717) is 12.0 Å². The molecule has 2 aromatic rings. The highest BCUT2D eigenvalue weighted by Gasteiger charge is 2.12. The van der Waals surface area contributed by atoms with Crippen molar-refractivity contribution in [3.05, 3.63) is 53.3 Å². The molecule has 2 atom stereocenters. The van der Waals surface area contributed by atoms with Crippen LogP contribution in [0.5, 0.6) is 0 Å². The first-order valence-corrected chi connectivity index (χ1v) is 7.36. The van der Waals surface area contributed by atoms with Gasteiger partial charge in [0.15, 0.2) is 0 Å². The van der Waals surface area contributed by atoms with E-state index in [0.717, 1.165) is 18.7 Å². The van der Waals surface area contributed by atoms with E-state index in [1.54, 1.807) is 0 Å². The van der Waals surface area contributed by atoms with Crippen LogP contribution in [0.3, 0.4) is 0 Å². The lowest BCUT2D eigenvalue weighted by Crippen LogP contribution is -2.21. The predicted molar refractivity (Wildman–Crippen MR) is 83.8 cm³/mol. The Hall–Kier alpha value is -1.61. The van der Waals surface area contributed by atoms with E-state index in [9.17, 15) is 0 Å². The molecule has 0 bridgehead atoms. The Morgan fingerprint density at radius 2 is 1.90 bits per heavy atom. The van der Waals surface area contributed by atoms with Crippen molar-refractivity contribution in [2.75, 3.05) is 6.54 Å². The summed E-state index contributed by atoms with van der Waals surface area (Å²) in [5, 5.41) is 8.00. The minimum atomic E-state index is 0.353. The van der Waals surface area contributed by atoms with Gasteiger partial charge in [-0.1, -0.05) is 37.3 Å². The lowest BCUT2D eigenvalue weighted by Gasteiger charge is -2.16. The molecule has 20 heavy (non-hydrogen) atoms. The summed E-state index contributed by atoms with van der Waals surface area (Å²) in [6.07, 6.45) is 3.25. The molecular weight excluding hydrogens is 246 g/mol. The molecule has 1 heterocycles. The van der Waals surface area contributed by atoms with Gasteiger partial charge in [-0.15, -0.1) is 0 Å². The highest BCUT2D eigenvalue weighted by molar-refractivity contribution is 5.20. The summed E-state index contributed by atoms with van der Waals surface area (Å²) in [5.41, 5.74) is 3.82. The second-order valence-electron chi connectivity index (χ2n) is 5.62. The number of aryl methyl sites for hydroxylation is 2. The molecule has 0 saturated carbocycles. The smallest absolute Gasteiger partial charge is 0.0641 e. The van der Waals surface area contributed by atoms with Gasteiger partial charge in [0.05, 0.1) is 5.69 Å². The van der Waals surface area contributed by atoms with E-state index in [1.807, 2.05) is 11.7 Å². The molecule has 1 aromatic heterocycles. The fraction of sp³-hybridized carbons (Fsp3) is 0.471. The predicted octanol–water partition coefficient (Wildman–Crippen LogP) is 3.57. The van der Waals surface area contributed by atoms with Crippen LogP contribution in [-0.4, -0.2) is 16.3 Å². The molecule has 0 radical (unpaired) electrons. The van der Waals surface area contributed by atoms with Crippen molar-refractivity contribution in [2.24, 2.45) is 7.05 Å². The highest BCUT2D eigenvalue weighted by Crippen LogP contribution is 2.19. The van der Waals surface area contributed by atoms with Crippen LogP contribution in [0.4, 0.5) is 0 Å². The summed E-state index contributed by atoms with van der Waals surface area (Å²) in [5.74, 6) is 0.589. The van der Waals surface area contributed by atoms with Crippen molar-refractivity contribution in [1.82, 2.24) is 15.1 Å². The van der Waals surface area contributed by atoms with Gasteiger partial charge in [-0.3, -0.25) is 4.68 Å². The molecule has 0 spiro atoms. The van der Waals surface area contributed by atoms with Gasteiger partial charge in [0.2, 0.25) is 0 Å². The Bertz CT molecular complexity index is 530. The van der Waals surface area contributed by atoms with Gasteiger partial charge >= 0.3 is 0 Å². The van der Waals surface area contributed by atoms with Crippen molar-refractivity contribution in [1.29, 1.82) is 0 Å². The molecule has 2 rings (SSSR count). The normalized spacial score (nSPS) is 14.2. The Morgan fingerprint density at radius 1 is 1.20 bits per heavy atom. The van der Waals surface area contributed by atoms with E-state index >= 15 is 0 Å². The van der Waals surface area contributed by atoms with Crippen molar-refractivity contribution >= 4 is 0 Å². The second kappa shape index (κ2) is 6.71. The summed E-state index contributed by atoms with van der Waals surface area (Å²) in [6.45, 7) is 7.58. The number of aromatic nitrogens is 2. The summed E-state index contributed by atoms with van der Waals surface area (Å²) < 4.78 is 1.88. The van der Waals surface area contributed by atoms with Crippen LogP contribution in [0, 0.1) is 6.92 Å². The third-order valence-electron chi connectivity index (χ3n) is 3.91. The van der Waals surface area contributed by atoms with Gasteiger partial charge in [0.1, 0.15) is 0 Å². The maximum Gasteiger partial charge on any atom is 0.0641 e. The maximum atomic E-state index is 4.40. The molecule has 0 aliphatic heterocycles. The average Bonchev–Trinajstić information content (AvgIpc) is 2.78. The summed E-state index contributed by atoms with van der Waals surface area (Å²) >= 11 is 0. The minimum Gasteiger partial charge on any atom is -0.310 e. The van der Waals surface area contributed by atoms with E-state index in [4.69, 9.17) is 0 Å². The van der Waals surface area contributed by atoms with Crippen LogP contribution >= 0.6 is 0 Å². The highest BCUT2D eigenvalue weighted by atomic mass is 15.3. The van der Waals surface area contributed by atoms with Crippen molar-refractivity contribution < 1.29 is 0 Å². The first kappa shape index (κ1) is 14.8. The maximum absolute atomic E-state index is 4.40. The Morgan fingerprint density at radius 3 is 2.50 bits per heavy atom. The van der Waals surface area contributed by atoms with Crippen LogP contribution in [0.1, 0.15) is 49.0 Å². The topological polar surface area (TPSA) is 29.9 Å². The van der Waals surface area contributed by atoms with Gasteiger partial charge in [0, 0.05) is 24.8 Å². The number of nitrogens with one attached hydrogen (secondary N) is 1. The van der Waals surface area contributed by atoms with Crippen molar-refractivity contribution in [3.8, 4) is 0 Å². The number of nitrogens with zero attached hydrogens (tertiary/aromatic N) is 2. The first-order valence-electron chi connectivity index (χ1n) is 7.36. The second-order valence-corrected chi connectivity index (χ2v) is 5.62. The lowest BCUT2D eigenvalue weighted by atomic mass is 9.98. The number of hydrogen-bond acceptors (Lipinski definition) is 2. The van der Waals surface area contributed by atoms with E-state index in [-0.39, 0.29) is 0 Å². The third-order valence-corrected chi connectivity index (χ3v) is 3.91. The number of hydrogen-bond donors (Lipinski definition) is 1. The standard InChI is InChI=1S/C17H25N3/c1-13(16-8-6-5-7-9-16)10-11-18-14(2)17-12-20(4)19-15(17)3/h5-9,12-14,18H,10-11H2,1-4H3. The van der Waals surface area contributed by atoms with Gasteiger partial charge in [-0.2, -0.15) is 5.10 Å². The molecule has 2 unspecified atom stereocenters. The van der Waals surface area contributed by atoms with E-state index in [2.05, 4.69) is 67.7 Å². The zero-order valence-corrected chi connectivity index (χ0v) is 12.9. The van der Waals surface area contributed by atoms with Crippen LogP contribution in [0.2, 0.25) is 0 Å². The molecule has 3 heteroatoms. The van der Waals surface area contributed by atoms with Gasteiger partial charge in [-0.25, -0.2) is 0 Å².